The van der Waals surface area contributed by atoms with Crippen molar-refractivity contribution in [3.8, 4) is 0 Å². The second kappa shape index (κ2) is 4.71. The van der Waals surface area contributed by atoms with Crippen molar-refractivity contribution in [1.29, 1.82) is 0 Å². The molecule has 0 saturated carbocycles. The van der Waals surface area contributed by atoms with E-state index in [1.54, 1.807) is 11.4 Å². The third-order valence-corrected chi connectivity index (χ3v) is 4.00. The topological polar surface area (TPSA) is 69.4 Å². The predicted molar refractivity (Wildman–Crippen MR) is 51.1 cm³/mol. The van der Waals surface area contributed by atoms with E-state index in [4.69, 9.17) is 9.92 Å². The number of hydrogen-bond donors (Lipinski definition) is 1. The number of thiophene rings is 1. The van der Waals surface area contributed by atoms with Gasteiger partial charge in [-0.3, -0.25) is 4.18 Å². The molecule has 0 aliphatic rings. The molecule has 2 N–H and O–H groups in total. The Hall–Kier alpha value is -0.430. The van der Waals surface area contributed by atoms with E-state index in [2.05, 4.69) is 0 Å². The average molecular weight is 221 g/mol. The summed E-state index contributed by atoms with van der Waals surface area (Å²) in [5.41, 5.74) is 5.20. The molecule has 74 valence electrons. The predicted octanol–water partition coefficient (Wildman–Crippen LogP) is 0.802. The minimum Gasteiger partial charge on any atom is -0.330 e. The lowest BCUT2D eigenvalue weighted by atomic mass is 10.5. The standard InChI is InChI=1S/C7H11NO3S2/c8-4-2-5-11-13(9,10)7-3-1-6-12-7/h1,3,6H,2,4-5,8H2. The Bertz CT molecular complexity index is 331. The molecule has 1 rings (SSSR count). The highest BCUT2D eigenvalue weighted by atomic mass is 32.3. The quantitative estimate of drug-likeness (QED) is 0.590. The maximum Gasteiger partial charge on any atom is 0.306 e. The van der Waals surface area contributed by atoms with Crippen molar-refractivity contribution in [2.45, 2.75) is 10.6 Å². The van der Waals surface area contributed by atoms with Gasteiger partial charge in [-0.05, 0) is 24.4 Å². The van der Waals surface area contributed by atoms with Crippen LogP contribution in [0.15, 0.2) is 21.7 Å². The van der Waals surface area contributed by atoms with E-state index in [-0.39, 0.29) is 10.8 Å². The van der Waals surface area contributed by atoms with Crippen LogP contribution in [0.1, 0.15) is 6.42 Å². The summed E-state index contributed by atoms with van der Waals surface area (Å²) in [5.74, 6) is 0. The van der Waals surface area contributed by atoms with Crippen molar-refractivity contribution in [3.05, 3.63) is 17.5 Å². The molecule has 0 aromatic carbocycles. The molecule has 4 nitrogen and oxygen atoms in total. The molecule has 0 amide bonds. The fourth-order valence-corrected chi connectivity index (χ4v) is 2.65. The van der Waals surface area contributed by atoms with Crippen molar-refractivity contribution in [3.63, 3.8) is 0 Å². The van der Waals surface area contributed by atoms with E-state index in [1.807, 2.05) is 0 Å². The van der Waals surface area contributed by atoms with Crippen molar-refractivity contribution >= 4 is 21.5 Å². The van der Waals surface area contributed by atoms with Gasteiger partial charge >= 0.3 is 10.1 Å². The summed E-state index contributed by atoms with van der Waals surface area (Å²) in [6, 6.07) is 3.19. The monoisotopic (exact) mass is 221 g/mol. The Labute approximate surface area is 81.5 Å². The third kappa shape index (κ3) is 3.07. The Morgan fingerprint density at radius 1 is 1.54 bits per heavy atom. The molecule has 0 fully saturated rings. The van der Waals surface area contributed by atoms with Crippen molar-refractivity contribution in [1.82, 2.24) is 0 Å². The molecular formula is C7H11NO3S2. The van der Waals surface area contributed by atoms with Gasteiger partial charge in [0.05, 0.1) is 6.61 Å². The van der Waals surface area contributed by atoms with Gasteiger partial charge in [0.15, 0.2) is 0 Å². The molecule has 1 heterocycles. The molecule has 0 saturated heterocycles. The molecule has 0 aliphatic carbocycles. The van der Waals surface area contributed by atoms with E-state index in [1.165, 1.54) is 6.07 Å². The van der Waals surface area contributed by atoms with Crippen LogP contribution in [0, 0.1) is 0 Å². The van der Waals surface area contributed by atoms with Crippen LogP contribution in [-0.4, -0.2) is 21.6 Å². The first-order valence-electron chi connectivity index (χ1n) is 3.80. The van der Waals surface area contributed by atoms with Crippen molar-refractivity contribution < 1.29 is 12.6 Å². The highest BCUT2D eigenvalue weighted by Crippen LogP contribution is 2.18. The van der Waals surface area contributed by atoms with Crippen LogP contribution in [-0.2, 0) is 14.3 Å². The molecule has 0 unspecified atom stereocenters. The van der Waals surface area contributed by atoms with Gasteiger partial charge in [-0.1, -0.05) is 6.07 Å². The number of hydrogen-bond acceptors (Lipinski definition) is 5. The van der Waals surface area contributed by atoms with Gasteiger partial charge in [-0.25, -0.2) is 0 Å². The number of nitrogens with two attached hydrogens (primary N) is 1. The van der Waals surface area contributed by atoms with Gasteiger partial charge in [-0.15, -0.1) is 11.3 Å². The smallest absolute Gasteiger partial charge is 0.306 e. The molecular weight excluding hydrogens is 210 g/mol. The summed E-state index contributed by atoms with van der Waals surface area (Å²) >= 11 is 1.14. The molecule has 1 aromatic heterocycles. The largest absolute Gasteiger partial charge is 0.330 e. The van der Waals surface area contributed by atoms with E-state index in [0.717, 1.165) is 11.3 Å². The lowest BCUT2D eigenvalue weighted by molar-refractivity contribution is 0.315. The van der Waals surface area contributed by atoms with E-state index in [0.29, 0.717) is 13.0 Å². The normalized spacial score (nSPS) is 11.8. The molecule has 0 spiro atoms. The molecule has 0 radical (unpaired) electrons. The zero-order valence-electron chi connectivity index (χ0n) is 6.97. The zero-order chi connectivity index (χ0) is 9.73. The SMILES string of the molecule is NCCCOS(=O)(=O)c1cccs1. The Balaban J connectivity index is 2.58. The Morgan fingerprint density at radius 2 is 2.31 bits per heavy atom. The summed E-state index contributed by atoms with van der Waals surface area (Å²) in [7, 11) is -3.53. The first-order valence-corrected chi connectivity index (χ1v) is 6.08. The van der Waals surface area contributed by atoms with Gasteiger partial charge in [0.2, 0.25) is 0 Å². The van der Waals surface area contributed by atoms with E-state index >= 15 is 0 Å². The first kappa shape index (κ1) is 10.6. The summed E-state index contributed by atoms with van der Waals surface area (Å²) in [4.78, 5) is 0. The number of rotatable bonds is 5. The van der Waals surface area contributed by atoms with Crippen LogP contribution in [0.25, 0.3) is 0 Å². The van der Waals surface area contributed by atoms with Gasteiger partial charge < -0.3 is 5.73 Å². The van der Waals surface area contributed by atoms with Gasteiger partial charge in [-0.2, -0.15) is 8.42 Å². The minimum absolute atomic E-state index is 0.150. The average Bonchev–Trinajstić information content (AvgIpc) is 2.56. The fraction of sp³-hybridized carbons (Fsp3) is 0.429. The lowest BCUT2D eigenvalue weighted by Crippen LogP contribution is -2.09. The van der Waals surface area contributed by atoms with E-state index in [9.17, 15) is 8.42 Å². The summed E-state index contributed by atoms with van der Waals surface area (Å²) in [5, 5.41) is 1.69. The maximum absolute atomic E-state index is 11.3. The summed E-state index contributed by atoms with van der Waals surface area (Å²) < 4.78 is 27.6. The highest BCUT2D eigenvalue weighted by Gasteiger charge is 2.15. The Kier molecular flexibility index (Phi) is 3.86. The summed E-state index contributed by atoms with van der Waals surface area (Å²) in [6.45, 7) is 0.580. The van der Waals surface area contributed by atoms with Gasteiger partial charge in [0, 0.05) is 0 Å². The van der Waals surface area contributed by atoms with Crippen LogP contribution in [0.3, 0.4) is 0 Å². The van der Waals surface area contributed by atoms with Crippen LogP contribution in [0.2, 0.25) is 0 Å². The second-order valence-corrected chi connectivity index (χ2v) is 5.14. The molecule has 0 aliphatic heterocycles. The van der Waals surface area contributed by atoms with Crippen molar-refractivity contribution in [2.24, 2.45) is 5.73 Å². The highest BCUT2D eigenvalue weighted by molar-refractivity contribution is 7.89. The fourth-order valence-electron chi connectivity index (χ4n) is 0.716. The Morgan fingerprint density at radius 3 is 2.85 bits per heavy atom. The van der Waals surface area contributed by atoms with Gasteiger partial charge in [0.25, 0.3) is 0 Å². The van der Waals surface area contributed by atoms with Crippen LogP contribution >= 0.6 is 11.3 Å². The molecule has 1 aromatic rings. The van der Waals surface area contributed by atoms with Crippen molar-refractivity contribution in [2.75, 3.05) is 13.2 Å². The van der Waals surface area contributed by atoms with Crippen LogP contribution in [0.5, 0.6) is 0 Å². The molecule has 6 heteroatoms. The third-order valence-electron chi connectivity index (χ3n) is 1.33. The molecule has 0 atom stereocenters. The van der Waals surface area contributed by atoms with Gasteiger partial charge in [0.1, 0.15) is 4.21 Å². The zero-order valence-corrected chi connectivity index (χ0v) is 8.60. The molecule has 0 bridgehead atoms. The minimum atomic E-state index is -3.53. The molecule has 13 heavy (non-hydrogen) atoms. The lowest BCUT2D eigenvalue weighted by Gasteiger charge is -2.01. The first-order chi connectivity index (χ1) is 6.17. The second-order valence-electron chi connectivity index (χ2n) is 2.35. The maximum atomic E-state index is 11.3. The van der Waals surface area contributed by atoms with Crippen LogP contribution in [0.4, 0.5) is 0 Å². The van der Waals surface area contributed by atoms with Crippen LogP contribution < -0.4 is 5.73 Å². The van der Waals surface area contributed by atoms with E-state index < -0.39 is 10.1 Å². The summed E-state index contributed by atoms with van der Waals surface area (Å²) in [6.07, 6.45) is 0.546.